The second-order valence-electron chi connectivity index (χ2n) is 1.25. The summed E-state index contributed by atoms with van der Waals surface area (Å²) in [6.07, 6.45) is 0. The SMILES string of the molecule is O=[Si]([O-])[O-].O=[Si]([O-])[O-].O=[Si]([O-])[O-].O=[Si]([O-])[O-].O=[Si]([O-])[O-].[Gd+3].[Gd+3].[Sr+2].[Sr+2]. The molecule has 0 spiro atoms. The molecular formula is Gd2O15Si5Sr2. The second kappa shape index (κ2) is 50.4. The molecule has 130 valence electrons. The fraction of sp³-hybridized carbons (Fsp3) is 0. The van der Waals surface area contributed by atoms with Gasteiger partial charge in [0.2, 0.25) is 0 Å². The minimum absolute atomic E-state index is 0. The van der Waals surface area contributed by atoms with Gasteiger partial charge in [-0.25, -0.2) is 0 Å². The zero-order valence-corrected chi connectivity index (χ0v) is 27.2. The Labute approximate surface area is 280 Å². The molecule has 0 fully saturated rings. The van der Waals surface area contributed by atoms with Crippen molar-refractivity contribution in [2.45, 2.75) is 0 Å². The van der Waals surface area contributed by atoms with Crippen LogP contribution in [0.5, 0.6) is 0 Å². The summed E-state index contributed by atoms with van der Waals surface area (Å²) in [5.41, 5.74) is 0. The van der Waals surface area contributed by atoms with Gasteiger partial charge in [-0.15, -0.1) is 0 Å². The third-order valence-corrected chi connectivity index (χ3v) is 0. The summed E-state index contributed by atoms with van der Waals surface area (Å²) in [5.74, 6) is 0. The van der Waals surface area contributed by atoms with Crippen molar-refractivity contribution >= 4 is 137 Å². The van der Waals surface area contributed by atoms with Crippen LogP contribution in [0.1, 0.15) is 0 Å². The maximum absolute atomic E-state index is 8.52. The van der Waals surface area contributed by atoms with Crippen molar-refractivity contribution in [3.63, 3.8) is 0 Å². The molecule has 0 saturated heterocycles. The van der Waals surface area contributed by atoms with Crippen molar-refractivity contribution in [1.29, 1.82) is 0 Å². The molecule has 0 heterocycles. The van der Waals surface area contributed by atoms with E-state index in [9.17, 15) is 0 Å². The van der Waals surface area contributed by atoms with Crippen LogP contribution in [0.15, 0.2) is 0 Å². The van der Waals surface area contributed by atoms with Crippen molar-refractivity contribution in [2.75, 3.05) is 0 Å². The Morgan fingerprint density at radius 2 is 0.333 bits per heavy atom. The molecule has 0 unspecified atom stereocenters. The summed E-state index contributed by atoms with van der Waals surface area (Å²) < 4.78 is 42.6. The first-order valence-electron chi connectivity index (χ1n) is 3.06. The van der Waals surface area contributed by atoms with Crippen LogP contribution in [-0.2, 0) is 22.3 Å². The van der Waals surface area contributed by atoms with Gasteiger partial charge in [-0.1, -0.05) is 0 Å². The molecule has 0 aromatic carbocycles. The van der Waals surface area contributed by atoms with Gasteiger partial charge in [0.1, 0.15) is 0 Å². The molecule has 0 aliphatic heterocycles. The molecule has 0 aromatic rings. The van der Waals surface area contributed by atoms with Gasteiger partial charge in [-0.2, -0.15) is 0 Å². The molecule has 0 bridgehead atoms. The Bertz CT molecular complexity index is 221. The molecule has 0 atom stereocenters. The summed E-state index contributed by atoms with van der Waals surface area (Å²) in [6, 6.07) is 0. The van der Waals surface area contributed by atoms with Gasteiger partial charge in [0.15, 0.2) is 0 Å². The predicted molar refractivity (Wildman–Crippen MR) is 43.7 cm³/mol. The number of rotatable bonds is 0. The Morgan fingerprint density at radius 1 is 0.333 bits per heavy atom. The normalized spacial score (nSPS) is 5.00. The van der Waals surface area contributed by atoms with Gasteiger partial charge in [0.25, 0.3) is 0 Å². The van der Waals surface area contributed by atoms with Crippen molar-refractivity contribution < 1.29 is 150 Å². The first-order chi connectivity index (χ1) is 8.66. The van der Waals surface area contributed by atoms with Gasteiger partial charge in [0.05, 0.1) is 0 Å². The molecule has 2 radical (unpaired) electrons. The van der Waals surface area contributed by atoms with E-state index in [0.717, 1.165) is 0 Å². The Balaban J connectivity index is -0.0000000161. The zero-order valence-electron chi connectivity index (χ0n) is 10.7. The molecule has 0 aromatic heterocycles. The molecule has 0 N–H and O–H groups in total. The Hall–Kier alpha value is 3.69. The summed E-state index contributed by atoms with van der Waals surface area (Å²) in [6.45, 7) is 0. The third-order valence-electron chi connectivity index (χ3n) is 0. The Kier molecular flexibility index (Phi) is 119. The predicted octanol–water partition coefficient (Wildman–Crippen LogP) is -15.1. The monoisotopic (exact) mass is 871 g/mol. The van der Waals surface area contributed by atoms with Crippen LogP contribution in [0, 0.1) is 79.9 Å². The minimum atomic E-state index is -3.63. The van der Waals surface area contributed by atoms with E-state index in [-0.39, 0.29) is 171 Å². The molecule has 15 nitrogen and oxygen atoms in total. The van der Waals surface area contributed by atoms with E-state index in [1.165, 1.54) is 0 Å². The van der Waals surface area contributed by atoms with Crippen LogP contribution in [0.3, 0.4) is 0 Å². The first kappa shape index (κ1) is 56.5. The maximum atomic E-state index is 8.52. The molecule has 0 amide bonds. The van der Waals surface area contributed by atoms with Crippen LogP contribution in [0.25, 0.3) is 0 Å². The van der Waals surface area contributed by atoms with Crippen LogP contribution < -0.4 is 48.0 Å². The van der Waals surface area contributed by atoms with E-state index in [4.69, 9.17) is 70.3 Å². The van der Waals surface area contributed by atoms with Crippen molar-refractivity contribution in [1.82, 2.24) is 0 Å². The van der Waals surface area contributed by atoms with E-state index in [2.05, 4.69) is 0 Å². The van der Waals surface area contributed by atoms with E-state index in [1.54, 1.807) is 0 Å². The molecule has 0 rings (SSSR count). The largest absolute Gasteiger partial charge is 3.00 e. The maximum Gasteiger partial charge on any atom is 3.00 e. The number of hydrogen-bond acceptors (Lipinski definition) is 15. The van der Waals surface area contributed by atoms with Crippen LogP contribution in [0.2, 0.25) is 0 Å². The molecular weight excluding hydrogens is 870 g/mol. The van der Waals surface area contributed by atoms with Crippen LogP contribution in [0.4, 0.5) is 0 Å². The Morgan fingerprint density at radius 3 is 0.333 bits per heavy atom. The average molecular weight is 870 g/mol. The average Bonchev–Trinajstić information content (AvgIpc) is 1.94. The first-order valence-corrected chi connectivity index (χ1v) is 9.19. The van der Waals surface area contributed by atoms with Crippen molar-refractivity contribution in [3.05, 3.63) is 0 Å². The molecule has 24 heteroatoms. The standard InChI is InChI=1S/2Gd.5O3Si.2Sr/c;;5*1-4(2)3;;/q2*+3;5*-2;2*+2. The smallest absolute Gasteiger partial charge is 0.672 e. The third kappa shape index (κ3) is 1150. The summed E-state index contributed by atoms with van der Waals surface area (Å²) >= 11 is 0. The quantitative estimate of drug-likeness (QED) is 0.204. The zero-order chi connectivity index (χ0) is 17.9. The van der Waals surface area contributed by atoms with Crippen LogP contribution >= 0.6 is 0 Å². The van der Waals surface area contributed by atoms with Gasteiger partial charge >= 0.3 is 171 Å². The van der Waals surface area contributed by atoms with Gasteiger partial charge in [0, 0.05) is 45.9 Å². The molecule has 24 heavy (non-hydrogen) atoms. The van der Waals surface area contributed by atoms with Gasteiger partial charge in [-0.3, -0.25) is 0 Å². The summed E-state index contributed by atoms with van der Waals surface area (Å²) in [7, 11) is -18.1. The molecule has 0 aliphatic rings. The fourth-order valence-electron chi connectivity index (χ4n) is 0. The summed E-state index contributed by atoms with van der Waals surface area (Å²) in [5, 5.41) is 0. The molecule has 0 aliphatic carbocycles. The van der Waals surface area contributed by atoms with E-state index < -0.39 is 45.9 Å². The fourth-order valence-corrected chi connectivity index (χ4v) is 0. The number of hydrogen-bond donors (Lipinski definition) is 0. The van der Waals surface area contributed by atoms with Gasteiger partial charge < -0.3 is 70.3 Å². The van der Waals surface area contributed by atoms with Crippen molar-refractivity contribution in [2.24, 2.45) is 0 Å². The van der Waals surface area contributed by atoms with Gasteiger partial charge in [-0.05, 0) is 0 Å². The van der Waals surface area contributed by atoms with E-state index in [0.29, 0.717) is 0 Å². The van der Waals surface area contributed by atoms with E-state index >= 15 is 0 Å². The second-order valence-corrected chi connectivity index (χ2v) is 3.75. The van der Waals surface area contributed by atoms with E-state index in [1.807, 2.05) is 0 Å². The summed E-state index contributed by atoms with van der Waals surface area (Å²) in [4.78, 5) is 85.2. The molecule has 0 saturated carbocycles. The van der Waals surface area contributed by atoms with Crippen LogP contribution in [-0.4, -0.2) is 137 Å². The topological polar surface area (TPSA) is 316 Å². The minimum Gasteiger partial charge on any atom is -0.672 e. The van der Waals surface area contributed by atoms with Crippen molar-refractivity contribution in [3.8, 4) is 0 Å².